The number of hydrogen-bond acceptors (Lipinski definition) is 2. The Bertz CT molecular complexity index is 817. The quantitative estimate of drug-likeness (QED) is 0.780. The minimum Gasteiger partial charge on any atom is -0.368 e. The lowest BCUT2D eigenvalue weighted by molar-refractivity contribution is 0.507. The van der Waals surface area contributed by atoms with E-state index < -0.39 is 0 Å². The van der Waals surface area contributed by atoms with Crippen LogP contribution in [-0.2, 0) is 0 Å². The van der Waals surface area contributed by atoms with E-state index in [4.69, 9.17) is 5.73 Å². The Morgan fingerprint density at radius 2 is 1.78 bits per heavy atom. The first-order valence-corrected chi connectivity index (χ1v) is 8.39. The average molecular weight is 305 g/mol. The van der Waals surface area contributed by atoms with Gasteiger partial charge >= 0.3 is 0 Å². The highest BCUT2D eigenvalue weighted by Gasteiger charge is 2.19. The standard InChI is InChI=1S/C20H23N3/c1-15-4-6-16(7-5-15)17-8-9-19-20(10-12-23(19)13-17)22-11-2-3-18(21)14-22/h4-10,12-13,18H,2-3,11,14,21H2,1H3. The van der Waals surface area contributed by atoms with E-state index in [9.17, 15) is 0 Å². The molecule has 0 saturated carbocycles. The zero-order valence-electron chi connectivity index (χ0n) is 13.6. The fourth-order valence-corrected chi connectivity index (χ4v) is 3.51. The van der Waals surface area contributed by atoms with Crippen LogP contribution in [0, 0.1) is 6.92 Å². The van der Waals surface area contributed by atoms with Gasteiger partial charge in [-0.05, 0) is 43.0 Å². The largest absolute Gasteiger partial charge is 0.368 e. The number of nitrogens with zero attached hydrogens (tertiary/aromatic N) is 2. The van der Waals surface area contributed by atoms with Gasteiger partial charge in [0.25, 0.3) is 0 Å². The zero-order chi connectivity index (χ0) is 15.8. The second kappa shape index (κ2) is 5.74. The van der Waals surface area contributed by atoms with E-state index in [-0.39, 0.29) is 0 Å². The van der Waals surface area contributed by atoms with Crippen molar-refractivity contribution < 1.29 is 0 Å². The molecule has 1 aliphatic rings. The number of hydrogen-bond donors (Lipinski definition) is 1. The molecule has 0 bridgehead atoms. The van der Waals surface area contributed by atoms with E-state index in [0.29, 0.717) is 6.04 Å². The maximum Gasteiger partial charge on any atom is 0.0685 e. The molecule has 4 rings (SSSR count). The van der Waals surface area contributed by atoms with Gasteiger partial charge in [0.15, 0.2) is 0 Å². The number of aryl methyl sites for hydroxylation is 1. The number of piperidine rings is 1. The zero-order valence-corrected chi connectivity index (χ0v) is 13.6. The van der Waals surface area contributed by atoms with Crippen LogP contribution < -0.4 is 10.6 Å². The molecule has 0 spiro atoms. The molecular formula is C20H23N3. The number of pyridine rings is 1. The summed E-state index contributed by atoms with van der Waals surface area (Å²) in [6.45, 7) is 4.18. The van der Waals surface area contributed by atoms with Crippen molar-refractivity contribution in [2.45, 2.75) is 25.8 Å². The van der Waals surface area contributed by atoms with Crippen LogP contribution in [0.1, 0.15) is 18.4 Å². The van der Waals surface area contributed by atoms with Gasteiger partial charge in [0.2, 0.25) is 0 Å². The van der Waals surface area contributed by atoms with Gasteiger partial charge in [0.1, 0.15) is 0 Å². The highest BCUT2D eigenvalue weighted by atomic mass is 15.2. The number of benzene rings is 1. The number of aromatic nitrogens is 1. The predicted molar refractivity (Wildman–Crippen MR) is 97.0 cm³/mol. The lowest BCUT2D eigenvalue weighted by Crippen LogP contribution is -2.42. The van der Waals surface area contributed by atoms with Crippen molar-refractivity contribution in [2.24, 2.45) is 5.73 Å². The molecule has 1 saturated heterocycles. The van der Waals surface area contributed by atoms with Gasteiger partial charge in [0.05, 0.1) is 11.2 Å². The molecule has 3 aromatic rings. The van der Waals surface area contributed by atoms with Crippen LogP contribution in [0.5, 0.6) is 0 Å². The highest BCUT2D eigenvalue weighted by molar-refractivity contribution is 5.77. The first-order chi connectivity index (χ1) is 11.2. The number of fused-ring (bicyclic) bond motifs is 1. The van der Waals surface area contributed by atoms with Gasteiger partial charge in [-0.1, -0.05) is 35.9 Å². The first-order valence-electron chi connectivity index (χ1n) is 8.39. The minimum absolute atomic E-state index is 0.297. The van der Waals surface area contributed by atoms with Crippen LogP contribution in [0.4, 0.5) is 5.69 Å². The molecule has 0 amide bonds. The van der Waals surface area contributed by atoms with E-state index in [1.165, 1.54) is 34.3 Å². The molecule has 1 aromatic carbocycles. The summed E-state index contributed by atoms with van der Waals surface area (Å²) >= 11 is 0. The fourth-order valence-electron chi connectivity index (χ4n) is 3.51. The van der Waals surface area contributed by atoms with Gasteiger partial charge < -0.3 is 15.0 Å². The van der Waals surface area contributed by atoms with E-state index in [1.807, 2.05) is 0 Å². The topological polar surface area (TPSA) is 33.7 Å². The third-order valence-electron chi connectivity index (χ3n) is 4.82. The van der Waals surface area contributed by atoms with Crippen molar-refractivity contribution in [3.05, 3.63) is 60.4 Å². The van der Waals surface area contributed by atoms with Crippen molar-refractivity contribution in [1.29, 1.82) is 0 Å². The van der Waals surface area contributed by atoms with Crippen molar-refractivity contribution >= 4 is 11.2 Å². The molecule has 1 atom stereocenters. The molecule has 118 valence electrons. The molecule has 2 N–H and O–H groups in total. The van der Waals surface area contributed by atoms with Crippen molar-refractivity contribution in [3.63, 3.8) is 0 Å². The molecule has 3 heterocycles. The highest BCUT2D eigenvalue weighted by Crippen LogP contribution is 2.28. The van der Waals surface area contributed by atoms with Crippen LogP contribution in [0.2, 0.25) is 0 Å². The molecule has 1 unspecified atom stereocenters. The molecular weight excluding hydrogens is 282 g/mol. The second-order valence-electron chi connectivity index (χ2n) is 6.63. The Morgan fingerprint density at radius 3 is 2.57 bits per heavy atom. The summed E-state index contributed by atoms with van der Waals surface area (Å²) < 4.78 is 2.23. The Balaban J connectivity index is 1.70. The summed E-state index contributed by atoms with van der Waals surface area (Å²) in [6, 6.07) is 15.6. The third kappa shape index (κ3) is 2.73. The molecule has 1 fully saturated rings. The predicted octanol–water partition coefficient (Wildman–Crippen LogP) is 3.84. The molecule has 3 nitrogen and oxygen atoms in total. The second-order valence-corrected chi connectivity index (χ2v) is 6.63. The summed E-state index contributed by atoms with van der Waals surface area (Å²) in [5.41, 5.74) is 12.5. The number of anilines is 1. The van der Waals surface area contributed by atoms with E-state index >= 15 is 0 Å². The van der Waals surface area contributed by atoms with E-state index in [0.717, 1.165) is 19.5 Å². The van der Waals surface area contributed by atoms with Crippen LogP contribution in [0.15, 0.2) is 54.9 Å². The minimum atomic E-state index is 0.297. The van der Waals surface area contributed by atoms with E-state index in [1.54, 1.807) is 0 Å². The fraction of sp³-hybridized carbons (Fsp3) is 0.300. The lowest BCUT2D eigenvalue weighted by Gasteiger charge is -2.32. The lowest BCUT2D eigenvalue weighted by atomic mass is 10.1. The van der Waals surface area contributed by atoms with Crippen LogP contribution in [0.3, 0.4) is 0 Å². The third-order valence-corrected chi connectivity index (χ3v) is 4.82. The molecule has 2 aromatic heterocycles. The van der Waals surface area contributed by atoms with Crippen LogP contribution in [-0.4, -0.2) is 23.5 Å². The average Bonchev–Trinajstić information content (AvgIpc) is 2.98. The molecule has 23 heavy (non-hydrogen) atoms. The van der Waals surface area contributed by atoms with Gasteiger partial charge in [-0.25, -0.2) is 0 Å². The maximum absolute atomic E-state index is 6.14. The number of rotatable bonds is 2. The molecule has 3 heteroatoms. The smallest absolute Gasteiger partial charge is 0.0685 e. The van der Waals surface area contributed by atoms with Crippen LogP contribution in [0.25, 0.3) is 16.6 Å². The molecule has 0 radical (unpaired) electrons. The van der Waals surface area contributed by atoms with Crippen molar-refractivity contribution in [2.75, 3.05) is 18.0 Å². The molecule has 0 aliphatic carbocycles. The number of nitrogens with two attached hydrogens (primary N) is 1. The van der Waals surface area contributed by atoms with Gasteiger partial charge in [-0.3, -0.25) is 0 Å². The van der Waals surface area contributed by atoms with Crippen LogP contribution >= 0.6 is 0 Å². The summed E-state index contributed by atoms with van der Waals surface area (Å²) in [5, 5.41) is 0. The van der Waals surface area contributed by atoms with E-state index in [2.05, 4.69) is 71.1 Å². The van der Waals surface area contributed by atoms with Crippen molar-refractivity contribution in [1.82, 2.24) is 4.40 Å². The summed E-state index contributed by atoms with van der Waals surface area (Å²) in [5.74, 6) is 0. The Morgan fingerprint density at radius 1 is 1.00 bits per heavy atom. The Kier molecular flexibility index (Phi) is 3.58. The Hall–Kier alpha value is -2.26. The maximum atomic E-state index is 6.14. The van der Waals surface area contributed by atoms with Gasteiger partial charge in [0, 0.05) is 31.5 Å². The molecule has 1 aliphatic heterocycles. The SMILES string of the molecule is Cc1ccc(-c2ccc3c(N4CCCC(N)C4)ccn3c2)cc1. The summed E-state index contributed by atoms with van der Waals surface area (Å²) in [4.78, 5) is 2.43. The van der Waals surface area contributed by atoms with Gasteiger partial charge in [-0.2, -0.15) is 0 Å². The summed E-state index contributed by atoms with van der Waals surface area (Å²) in [7, 11) is 0. The normalized spacial score (nSPS) is 18.5. The van der Waals surface area contributed by atoms with Gasteiger partial charge in [-0.15, -0.1) is 0 Å². The monoisotopic (exact) mass is 305 g/mol. The first kappa shape index (κ1) is 14.3. The van der Waals surface area contributed by atoms with Crippen molar-refractivity contribution in [3.8, 4) is 11.1 Å². The summed E-state index contributed by atoms with van der Waals surface area (Å²) in [6.07, 6.45) is 6.69. The Labute approximate surface area is 137 Å².